The third-order valence-corrected chi connectivity index (χ3v) is 11.8. The molecule has 0 aliphatic rings. The molecule has 6 heteroatoms. The summed E-state index contributed by atoms with van der Waals surface area (Å²) in [6.45, 7) is 14.4. The molecule has 1 aromatic carbocycles. The normalized spacial score (nSPS) is 12.9. The van der Waals surface area contributed by atoms with Crippen LogP contribution in [0.5, 0.6) is 0 Å². The van der Waals surface area contributed by atoms with Crippen LogP contribution in [0.3, 0.4) is 0 Å². The van der Waals surface area contributed by atoms with E-state index in [1.165, 1.54) is 18.4 Å². The second kappa shape index (κ2) is 10.0. The third-order valence-electron chi connectivity index (χ3n) is 6.80. The fraction of sp³-hybridized carbons (Fsp3) is 0.462. The molecule has 2 heterocycles. The van der Waals surface area contributed by atoms with Gasteiger partial charge in [0.15, 0.2) is 0 Å². The zero-order valence-corrected chi connectivity index (χ0v) is 22.3. The summed E-state index contributed by atoms with van der Waals surface area (Å²) in [4.78, 5) is 18.6. The van der Waals surface area contributed by atoms with E-state index < -0.39 is 5.16 Å². The van der Waals surface area contributed by atoms with E-state index >= 15 is 0 Å². The third kappa shape index (κ3) is 4.92. The van der Waals surface area contributed by atoms with Crippen molar-refractivity contribution < 1.29 is 0 Å². The van der Waals surface area contributed by atoms with Gasteiger partial charge in [0.1, 0.15) is 16.8 Å². The van der Waals surface area contributed by atoms with Crippen LogP contribution in [0.1, 0.15) is 77.2 Å². The van der Waals surface area contributed by atoms with Gasteiger partial charge in [-0.1, -0.05) is 73.7 Å². The van der Waals surface area contributed by atoms with Crippen molar-refractivity contribution >= 4 is 17.2 Å². The number of hydrogen-bond donors (Lipinski definition) is 0. The lowest BCUT2D eigenvalue weighted by atomic mass is 9.91. The summed E-state index contributed by atoms with van der Waals surface area (Å²) >= 11 is 0. The predicted octanol–water partition coefficient (Wildman–Crippen LogP) is 6.79. The molecule has 1 unspecified atom stereocenters. The molecule has 0 radical (unpaired) electrons. The van der Waals surface area contributed by atoms with Gasteiger partial charge in [-0.05, 0) is 52.6 Å². The van der Waals surface area contributed by atoms with Crippen LogP contribution < -0.4 is 0 Å². The van der Waals surface area contributed by atoms with Crippen LogP contribution in [-0.4, -0.2) is 30.2 Å². The van der Waals surface area contributed by atoms with Gasteiger partial charge in [0.25, 0.3) is 0 Å². The number of rotatable bonds is 9. The Hall–Kier alpha value is -1.76. The molecule has 0 amide bonds. The molecule has 1 atom stereocenters. The first-order valence-corrected chi connectivity index (χ1v) is 13.5. The Kier molecular flexibility index (Phi) is 7.79. The summed E-state index contributed by atoms with van der Waals surface area (Å²) in [5.74, 6) is 1.38. The monoisotopic (exact) mass is 466 g/mol. The van der Waals surface area contributed by atoms with Crippen LogP contribution in [0.2, 0.25) is 0 Å². The second-order valence-electron chi connectivity index (χ2n) is 9.53. The Bertz CT molecular complexity index is 951. The zero-order chi connectivity index (χ0) is 23.4. The molecule has 0 saturated carbocycles. The first-order chi connectivity index (χ1) is 15.2. The fourth-order valence-electron chi connectivity index (χ4n) is 4.19. The van der Waals surface area contributed by atoms with Crippen molar-refractivity contribution in [3.8, 4) is 0 Å². The van der Waals surface area contributed by atoms with Crippen LogP contribution in [-0.2, 0) is 11.3 Å². The maximum Gasteiger partial charge on any atom is 0.150 e. The largest absolute Gasteiger partial charge is 0.240 e. The van der Waals surface area contributed by atoms with Gasteiger partial charge in [-0.3, -0.25) is 0 Å². The van der Waals surface area contributed by atoms with Gasteiger partial charge in [-0.2, -0.15) is 0 Å². The molecule has 3 aromatic rings. The van der Waals surface area contributed by atoms with Crippen LogP contribution >= 0.6 is 17.2 Å². The Morgan fingerprint density at radius 2 is 1.16 bits per heavy atom. The molecule has 170 valence electrons. The summed E-state index contributed by atoms with van der Waals surface area (Å²) in [6, 6.07) is 12.4. The topological polar surface area (TPSA) is 51.6 Å². The first-order valence-electron chi connectivity index (χ1n) is 11.4. The van der Waals surface area contributed by atoms with Crippen LogP contribution in [0.25, 0.3) is 0 Å². The van der Waals surface area contributed by atoms with Gasteiger partial charge < -0.3 is 0 Å². The molecule has 0 fully saturated rings. The number of benzene rings is 1. The quantitative estimate of drug-likeness (QED) is 0.326. The van der Waals surface area contributed by atoms with Crippen molar-refractivity contribution in [2.24, 2.45) is 0 Å². The number of aromatic nitrogens is 4. The molecule has 0 aliphatic carbocycles. The molecule has 2 aromatic heterocycles. The van der Waals surface area contributed by atoms with Gasteiger partial charge in [-0.25, -0.2) is 19.9 Å². The molecule has 3 rings (SSSR count). The zero-order valence-electron chi connectivity index (χ0n) is 20.2. The highest BCUT2D eigenvalue weighted by molar-refractivity contribution is 7.60. The Labute approximate surface area is 197 Å². The van der Waals surface area contributed by atoms with E-state index in [1.807, 2.05) is 12.1 Å². The fourth-order valence-corrected chi connectivity index (χ4v) is 8.64. The molecule has 32 heavy (non-hydrogen) atoms. The Morgan fingerprint density at radius 1 is 0.719 bits per heavy atom. The lowest BCUT2D eigenvalue weighted by Gasteiger charge is -2.45. The van der Waals surface area contributed by atoms with Gasteiger partial charge in [0.2, 0.25) is 0 Å². The maximum atomic E-state index is 4.65. The standard InChI is InChI=1S/C26H36N4P2/c1-7-24(3,4)32(25(5,6)8-2)19-20-13-9-10-14-21(20)26(31,22-27-15-11-16-28-22)23-29-17-12-18-30-23/h9-18H,7-8,19,31H2,1-6H3. The SMILES string of the molecule is CCC(C)(C)P(Cc1ccccc1C(P)(c1ncccn1)c1ncccn1)C(C)(C)CC. The minimum absolute atomic E-state index is 0.276. The van der Waals surface area contributed by atoms with Gasteiger partial charge in [0.05, 0.1) is 0 Å². The molecule has 0 saturated heterocycles. The van der Waals surface area contributed by atoms with Crippen LogP contribution in [0.4, 0.5) is 0 Å². The second-order valence-corrected chi connectivity index (χ2v) is 14.0. The minimum Gasteiger partial charge on any atom is -0.240 e. The van der Waals surface area contributed by atoms with Crippen LogP contribution in [0, 0.1) is 0 Å². The van der Waals surface area contributed by atoms with E-state index in [-0.39, 0.29) is 18.2 Å². The van der Waals surface area contributed by atoms with Gasteiger partial charge in [0, 0.05) is 24.8 Å². The minimum atomic E-state index is -0.715. The van der Waals surface area contributed by atoms with Crippen molar-refractivity contribution in [3.63, 3.8) is 0 Å². The van der Waals surface area contributed by atoms with E-state index in [1.54, 1.807) is 24.8 Å². The Balaban J connectivity index is 2.20. The van der Waals surface area contributed by atoms with E-state index in [9.17, 15) is 0 Å². The summed E-state index contributed by atoms with van der Waals surface area (Å²) < 4.78 is 0. The summed E-state index contributed by atoms with van der Waals surface area (Å²) in [7, 11) is 2.68. The van der Waals surface area contributed by atoms with E-state index in [4.69, 9.17) is 0 Å². The van der Waals surface area contributed by atoms with E-state index in [0.717, 1.165) is 11.7 Å². The van der Waals surface area contributed by atoms with Crippen molar-refractivity contribution in [2.45, 2.75) is 76.0 Å². The predicted molar refractivity (Wildman–Crippen MR) is 139 cm³/mol. The van der Waals surface area contributed by atoms with E-state index in [2.05, 4.69) is 95.0 Å². The summed E-state index contributed by atoms with van der Waals surface area (Å²) in [5, 5.41) is -0.164. The molecule has 4 nitrogen and oxygen atoms in total. The average Bonchev–Trinajstić information content (AvgIpc) is 2.83. The van der Waals surface area contributed by atoms with Crippen molar-refractivity contribution in [1.29, 1.82) is 0 Å². The first kappa shape index (κ1) is 24.9. The maximum absolute atomic E-state index is 4.65. The highest BCUT2D eigenvalue weighted by atomic mass is 31.1. The molecule has 0 aliphatic heterocycles. The summed E-state index contributed by atoms with van der Waals surface area (Å²) in [6.07, 6.45) is 10.5. The Morgan fingerprint density at radius 3 is 1.59 bits per heavy atom. The van der Waals surface area contributed by atoms with Crippen molar-refractivity contribution in [3.05, 3.63) is 84.0 Å². The van der Waals surface area contributed by atoms with E-state index in [0.29, 0.717) is 11.6 Å². The smallest absolute Gasteiger partial charge is 0.150 e. The van der Waals surface area contributed by atoms with Gasteiger partial charge in [-0.15, -0.1) is 9.24 Å². The molecule has 0 N–H and O–H groups in total. The molecule has 0 bridgehead atoms. The molecular weight excluding hydrogens is 430 g/mol. The lowest BCUT2D eigenvalue weighted by molar-refractivity contribution is 0.600. The molecule has 0 spiro atoms. The average molecular weight is 467 g/mol. The highest BCUT2D eigenvalue weighted by Crippen LogP contribution is 2.64. The number of hydrogen-bond acceptors (Lipinski definition) is 4. The highest BCUT2D eigenvalue weighted by Gasteiger charge is 2.42. The lowest BCUT2D eigenvalue weighted by Crippen LogP contribution is -2.32. The van der Waals surface area contributed by atoms with Gasteiger partial charge >= 0.3 is 0 Å². The summed E-state index contributed by atoms with van der Waals surface area (Å²) in [5.41, 5.74) is 2.49. The van der Waals surface area contributed by atoms with Crippen molar-refractivity contribution in [2.75, 3.05) is 0 Å². The number of nitrogens with zero attached hydrogens (tertiary/aromatic N) is 4. The van der Waals surface area contributed by atoms with Crippen LogP contribution in [0.15, 0.2) is 61.2 Å². The van der Waals surface area contributed by atoms with Crippen molar-refractivity contribution in [1.82, 2.24) is 19.9 Å². The molecular formula is C26H36N4P2.